The van der Waals surface area contributed by atoms with Crippen molar-refractivity contribution in [2.24, 2.45) is 17.6 Å². The van der Waals surface area contributed by atoms with E-state index in [1.807, 2.05) is 36.1 Å². The van der Waals surface area contributed by atoms with Gasteiger partial charge in [0.2, 0.25) is 11.8 Å². The molecule has 3 amide bonds. The van der Waals surface area contributed by atoms with Crippen molar-refractivity contribution in [1.82, 2.24) is 15.1 Å². The number of ether oxygens (including phenoxy) is 1. The van der Waals surface area contributed by atoms with E-state index in [2.05, 4.69) is 5.32 Å². The molecule has 1 heterocycles. The largest absolute Gasteiger partial charge is 0.375 e. The summed E-state index contributed by atoms with van der Waals surface area (Å²) < 4.78 is 5.09. The van der Waals surface area contributed by atoms with Gasteiger partial charge in [0.05, 0.1) is 0 Å². The summed E-state index contributed by atoms with van der Waals surface area (Å²) in [5, 5.41) is 3.15. The normalized spacial score (nSPS) is 26.4. The predicted octanol–water partition coefficient (Wildman–Crippen LogP) is 2.49. The number of nitrogens with one attached hydrogen (secondary N) is 1. The second-order valence-corrected chi connectivity index (χ2v) is 10.9. The summed E-state index contributed by atoms with van der Waals surface area (Å²) in [6, 6.07) is 7.24. The molecule has 1 unspecified atom stereocenters. The first-order valence-electron chi connectivity index (χ1n) is 13.6. The Kier molecular flexibility index (Phi) is 9.01. The van der Waals surface area contributed by atoms with Crippen LogP contribution in [-0.2, 0) is 14.3 Å². The van der Waals surface area contributed by atoms with Crippen LogP contribution < -0.4 is 11.1 Å². The fraction of sp³-hybridized carbons (Fsp3) is 0.679. The van der Waals surface area contributed by atoms with Gasteiger partial charge in [-0.05, 0) is 88.8 Å². The first kappa shape index (κ1) is 26.6. The van der Waals surface area contributed by atoms with Gasteiger partial charge < -0.3 is 25.6 Å². The molecule has 2 atom stereocenters. The Hall–Kier alpha value is -2.45. The number of hydrogen-bond donors (Lipinski definition) is 2. The lowest BCUT2D eigenvalue weighted by atomic mass is 9.82. The van der Waals surface area contributed by atoms with Crippen LogP contribution in [-0.4, -0.2) is 79.0 Å². The summed E-state index contributed by atoms with van der Waals surface area (Å²) in [7, 11) is 1.49. The maximum atomic E-state index is 13.6. The highest BCUT2D eigenvalue weighted by atomic mass is 16.5. The SMILES string of the molecule is COCC(=O)N1CCC(N(C(=O)c2cccc(C)c2)C2CC2)C[C@@H]1C(=O)NCC1CCC(CN)CC1. The molecule has 8 heteroatoms. The molecule has 1 saturated heterocycles. The van der Waals surface area contributed by atoms with Crippen molar-refractivity contribution in [3.8, 4) is 0 Å². The molecular formula is C28H42N4O4. The monoisotopic (exact) mass is 498 g/mol. The molecule has 0 bridgehead atoms. The minimum Gasteiger partial charge on any atom is -0.375 e. The standard InChI is InChI=1S/C28H42N4O4/c1-19-4-3-5-22(14-19)28(35)32(23-10-11-23)24-12-13-31(26(33)18-36-2)25(15-24)27(34)30-17-21-8-6-20(16-29)7-9-21/h3-5,14,20-21,23-25H,6-13,15-18,29H2,1-2H3,(H,30,34)/t20?,21?,24?,25-/m1/s1. The zero-order valence-corrected chi connectivity index (χ0v) is 21.8. The summed E-state index contributed by atoms with van der Waals surface area (Å²) >= 11 is 0. The van der Waals surface area contributed by atoms with E-state index in [9.17, 15) is 14.4 Å². The number of amides is 3. The number of methoxy groups -OCH3 is 1. The van der Waals surface area contributed by atoms with E-state index < -0.39 is 6.04 Å². The highest BCUT2D eigenvalue weighted by molar-refractivity contribution is 5.95. The molecule has 198 valence electrons. The average molecular weight is 499 g/mol. The van der Waals surface area contributed by atoms with Crippen LogP contribution >= 0.6 is 0 Å². The zero-order valence-electron chi connectivity index (χ0n) is 21.8. The second-order valence-electron chi connectivity index (χ2n) is 10.9. The number of carbonyl (C=O) groups excluding carboxylic acids is 3. The predicted molar refractivity (Wildman–Crippen MR) is 138 cm³/mol. The smallest absolute Gasteiger partial charge is 0.254 e. The van der Waals surface area contributed by atoms with E-state index in [1.54, 1.807) is 4.90 Å². The molecule has 1 aromatic rings. The summed E-state index contributed by atoms with van der Waals surface area (Å²) in [5.74, 6) is 0.771. The second kappa shape index (κ2) is 12.2. The topological polar surface area (TPSA) is 105 Å². The molecule has 0 spiro atoms. The molecule has 3 N–H and O–H groups in total. The third-order valence-corrected chi connectivity index (χ3v) is 8.16. The number of piperidine rings is 1. The van der Waals surface area contributed by atoms with Crippen LogP contribution in [0.5, 0.6) is 0 Å². The first-order valence-corrected chi connectivity index (χ1v) is 13.6. The molecule has 4 rings (SSSR count). The van der Waals surface area contributed by atoms with Gasteiger partial charge in [-0.15, -0.1) is 0 Å². The Morgan fingerprint density at radius 1 is 1.06 bits per heavy atom. The van der Waals surface area contributed by atoms with Crippen molar-refractivity contribution in [1.29, 1.82) is 0 Å². The molecule has 0 radical (unpaired) electrons. The number of benzene rings is 1. The quantitative estimate of drug-likeness (QED) is 0.544. The van der Waals surface area contributed by atoms with Crippen molar-refractivity contribution in [3.63, 3.8) is 0 Å². The van der Waals surface area contributed by atoms with E-state index in [4.69, 9.17) is 10.5 Å². The molecule has 1 aliphatic heterocycles. The molecule has 3 fully saturated rings. The highest BCUT2D eigenvalue weighted by Gasteiger charge is 2.44. The van der Waals surface area contributed by atoms with Gasteiger partial charge in [0, 0.05) is 37.8 Å². The number of carbonyl (C=O) groups is 3. The number of nitrogens with zero attached hydrogens (tertiary/aromatic N) is 2. The molecule has 8 nitrogen and oxygen atoms in total. The van der Waals surface area contributed by atoms with Crippen molar-refractivity contribution in [2.45, 2.75) is 76.4 Å². The molecular weight excluding hydrogens is 456 g/mol. The molecule has 36 heavy (non-hydrogen) atoms. The fourth-order valence-electron chi connectivity index (χ4n) is 5.90. The van der Waals surface area contributed by atoms with Crippen molar-refractivity contribution in [2.75, 3.05) is 33.4 Å². The molecule has 1 aromatic carbocycles. The maximum Gasteiger partial charge on any atom is 0.254 e. The molecule has 2 aliphatic carbocycles. The van der Waals surface area contributed by atoms with Crippen LogP contribution in [0.2, 0.25) is 0 Å². The Labute approximate surface area is 214 Å². The van der Waals surface area contributed by atoms with E-state index in [0.29, 0.717) is 43.3 Å². The molecule has 2 saturated carbocycles. The van der Waals surface area contributed by atoms with Gasteiger partial charge in [0.25, 0.3) is 5.91 Å². The Morgan fingerprint density at radius 2 is 1.78 bits per heavy atom. The average Bonchev–Trinajstić information content (AvgIpc) is 3.73. The Balaban J connectivity index is 1.46. The summed E-state index contributed by atoms with van der Waals surface area (Å²) in [6.45, 7) is 3.74. The van der Waals surface area contributed by atoms with Crippen LogP contribution in [0.15, 0.2) is 24.3 Å². The summed E-state index contributed by atoms with van der Waals surface area (Å²) in [5.41, 5.74) is 7.56. The maximum absolute atomic E-state index is 13.6. The van der Waals surface area contributed by atoms with E-state index in [-0.39, 0.29) is 36.4 Å². The molecule has 3 aliphatic rings. The van der Waals surface area contributed by atoms with Gasteiger partial charge in [-0.3, -0.25) is 14.4 Å². The van der Waals surface area contributed by atoms with Crippen LogP contribution in [0, 0.1) is 18.8 Å². The van der Waals surface area contributed by atoms with Crippen molar-refractivity contribution < 1.29 is 19.1 Å². The van der Waals surface area contributed by atoms with Gasteiger partial charge in [0.1, 0.15) is 12.6 Å². The van der Waals surface area contributed by atoms with Gasteiger partial charge in [-0.25, -0.2) is 0 Å². The van der Waals surface area contributed by atoms with E-state index in [0.717, 1.165) is 50.6 Å². The van der Waals surface area contributed by atoms with Crippen molar-refractivity contribution >= 4 is 17.7 Å². The van der Waals surface area contributed by atoms with Crippen LogP contribution in [0.25, 0.3) is 0 Å². The number of hydrogen-bond acceptors (Lipinski definition) is 5. The third-order valence-electron chi connectivity index (χ3n) is 8.16. The van der Waals surface area contributed by atoms with Gasteiger partial charge in [-0.2, -0.15) is 0 Å². The van der Waals surface area contributed by atoms with Crippen molar-refractivity contribution in [3.05, 3.63) is 35.4 Å². The first-order chi connectivity index (χ1) is 17.4. The number of rotatable bonds is 9. The van der Waals surface area contributed by atoms with Crippen LogP contribution in [0.3, 0.4) is 0 Å². The van der Waals surface area contributed by atoms with Gasteiger partial charge >= 0.3 is 0 Å². The number of aryl methyl sites for hydroxylation is 1. The third kappa shape index (κ3) is 6.45. The number of likely N-dealkylation sites (tertiary alicyclic amines) is 1. The highest BCUT2D eigenvalue weighted by Crippen LogP contribution is 2.35. The fourth-order valence-corrected chi connectivity index (χ4v) is 5.90. The Morgan fingerprint density at radius 3 is 2.42 bits per heavy atom. The molecule has 0 aromatic heterocycles. The number of nitrogens with two attached hydrogens (primary N) is 1. The van der Waals surface area contributed by atoms with Gasteiger partial charge in [0.15, 0.2) is 0 Å². The lowest BCUT2D eigenvalue weighted by Gasteiger charge is -2.43. The van der Waals surface area contributed by atoms with Crippen LogP contribution in [0.1, 0.15) is 67.3 Å². The summed E-state index contributed by atoms with van der Waals surface area (Å²) in [6.07, 6.45) is 7.46. The van der Waals surface area contributed by atoms with E-state index >= 15 is 0 Å². The lowest BCUT2D eigenvalue weighted by Crippen LogP contribution is -2.59. The van der Waals surface area contributed by atoms with Gasteiger partial charge in [-0.1, -0.05) is 17.7 Å². The lowest BCUT2D eigenvalue weighted by molar-refractivity contribution is -0.146. The minimum absolute atomic E-state index is 0.0266. The Bertz CT molecular complexity index is 926. The zero-order chi connectivity index (χ0) is 25.7. The summed E-state index contributed by atoms with van der Waals surface area (Å²) in [4.78, 5) is 43.5. The minimum atomic E-state index is -0.599. The van der Waals surface area contributed by atoms with E-state index in [1.165, 1.54) is 7.11 Å². The van der Waals surface area contributed by atoms with Crippen LogP contribution in [0.4, 0.5) is 0 Å².